The van der Waals surface area contributed by atoms with Crippen LogP contribution in [0.25, 0.3) is 0 Å². The van der Waals surface area contributed by atoms with Crippen LogP contribution in [0.3, 0.4) is 0 Å². The zero-order valence-electron chi connectivity index (χ0n) is 13.2. The molecule has 2 atom stereocenters. The number of benzene rings is 2. The van der Waals surface area contributed by atoms with Crippen LogP contribution in [0, 0.1) is 5.82 Å². The van der Waals surface area contributed by atoms with E-state index in [2.05, 4.69) is 4.74 Å². The molecular formula is C18H12F4O2. The summed E-state index contributed by atoms with van der Waals surface area (Å²) in [6.45, 7) is 0. The summed E-state index contributed by atoms with van der Waals surface area (Å²) < 4.78 is 65.4. The van der Waals surface area contributed by atoms with Crippen molar-refractivity contribution < 1.29 is 28.5 Å². The number of hydrogen-bond acceptors (Lipinski definition) is 2. The Kier molecular flexibility index (Phi) is 3.80. The molecule has 0 saturated heterocycles. The van der Waals surface area contributed by atoms with Crippen molar-refractivity contribution in [2.45, 2.75) is 18.0 Å². The lowest BCUT2D eigenvalue weighted by molar-refractivity contribution is -0.164. The lowest BCUT2D eigenvalue weighted by Crippen LogP contribution is -2.31. The van der Waals surface area contributed by atoms with Crippen LogP contribution in [0.4, 0.5) is 17.6 Å². The van der Waals surface area contributed by atoms with Crippen LogP contribution >= 0.6 is 0 Å². The number of allylic oxidation sites excluding steroid dienone is 2. The van der Waals surface area contributed by atoms with E-state index in [0.29, 0.717) is 5.56 Å². The molecule has 0 bridgehead atoms. The molecule has 0 N–H and O–H groups in total. The third kappa shape index (κ3) is 3.18. The van der Waals surface area contributed by atoms with Gasteiger partial charge in [0.15, 0.2) is 0 Å². The summed E-state index contributed by atoms with van der Waals surface area (Å²) in [5.74, 6) is -6.79. The summed E-state index contributed by atoms with van der Waals surface area (Å²) in [4.78, 5) is 12.4. The molecule has 0 radical (unpaired) electrons. The molecule has 0 unspecified atom stereocenters. The number of halogens is 4. The van der Waals surface area contributed by atoms with Crippen LogP contribution in [0.5, 0.6) is 0 Å². The number of cyclic esters (lactones) is 1. The summed E-state index contributed by atoms with van der Waals surface area (Å²) in [5.41, 5.74) is 0.394. The summed E-state index contributed by atoms with van der Waals surface area (Å²) in [5, 5.41) is 0. The largest absolute Gasteiger partial charge is 0.449 e. The van der Waals surface area contributed by atoms with Crippen molar-refractivity contribution in [3.05, 3.63) is 83.4 Å². The first-order valence-corrected chi connectivity index (χ1v) is 7.05. The second kappa shape index (κ2) is 6.11. The zero-order chi connectivity index (χ0) is 18.2. The van der Waals surface area contributed by atoms with Gasteiger partial charge in [0.05, 0.1) is 5.89 Å². The highest BCUT2D eigenvalue weighted by Gasteiger charge is 2.45. The highest BCUT2D eigenvalue weighted by molar-refractivity contribution is 5.82. The van der Waals surface area contributed by atoms with Gasteiger partial charge in [0.25, 0.3) is 0 Å². The molecule has 0 amide bonds. The van der Waals surface area contributed by atoms with Gasteiger partial charge in [0, 0.05) is 7.29 Å². The monoisotopic (exact) mass is 337 g/mol. The highest BCUT2D eigenvalue weighted by atomic mass is 19.4. The molecule has 0 fully saturated rings. The van der Waals surface area contributed by atoms with E-state index in [9.17, 15) is 22.4 Å². The molecule has 0 aliphatic carbocycles. The van der Waals surface area contributed by atoms with Crippen LogP contribution in [0.15, 0.2) is 66.4 Å². The normalized spacial score (nSPS) is 24.8. The van der Waals surface area contributed by atoms with Gasteiger partial charge in [-0.05, 0) is 29.3 Å². The summed E-state index contributed by atoms with van der Waals surface area (Å²) >= 11 is 0. The predicted molar refractivity (Wildman–Crippen MR) is 78.6 cm³/mol. The molecule has 2 nitrogen and oxygen atoms in total. The maximum Gasteiger partial charge on any atom is 0.449 e. The van der Waals surface area contributed by atoms with Crippen LogP contribution in [-0.2, 0) is 9.53 Å². The summed E-state index contributed by atoms with van der Waals surface area (Å²) in [6, 6.07) is 12.4. The number of carbonyl (C=O) groups is 1. The Balaban J connectivity index is 2.20. The lowest BCUT2D eigenvalue weighted by atomic mass is 9.79. The van der Waals surface area contributed by atoms with Gasteiger partial charge in [-0.1, -0.05) is 42.5 Å². The number of rotatable bonds is 2. The van der Waals surface area contributed by atoms with Crippen LogP contribution in [0.2, 0.25) is 0 Å². The van der Waals surface area contributed by atoms with E-state index in [1.54, 1.807) is 18.2 Å². The van der Waals surface area contributed by atoms with Gasteiger partial charge in [-0.25, -0.2) is 4.39 Å². The topological polar surface area (TPSA) is 26.3 Å². The number of esters is 1. The first-order chi connectivity index (χ1) is 11.7. The molecule has 124 valence electrons. The fourth-order valence-electron chi connectivity index (χ4n) is 2.55. The zero-order valence-corrected chi connectivity index (χ0v) is 12.2. The van der Waals surface area contributed by atoms with E-state index in [1.807, 2.05) is 0 Å². The molecule has 6 heteroatoms. The highest BCUT2D eigenvalue weighted by Crippen LogP contribution is 2.43. The molecule has 1 aliphatic rings. The lowest BCUT2D eigenvalue weighted by Gasteiger charge is -2.30. The molecule has 0 spiro atoms. The van der Waals surface area contributed by atoms with E-state index in [1.165, 1.54) is 24.3 Å². The summed E-state index contributed by atoms with van der Waals surface area (Å²) in [7, 11) is 0. The Hall–Kier alpha value is -2.63. The average Bonchev–Trinajstić information content (AvgIpc) is 2.57. The molecule has 1 heterocycles. The number of alkyl halides is 3. The molecule has 2 aromatic rings. The molecule has 24 heavy (non-hydrogen) atoms. The van der Waals surface area contributed by atoms with Crippen molar-refractivity contribution in [1.82, 2.24) is 0 Å². The van der Waals surface area contributed by atoms with Crippen LogP contribution in [-0.4, -0.2) is 12.1 Å². The fraction of sp³-hybridized carbons (Fsp3) is 0.167. The van der Waals surface area contributed by atoms with Crippen molar-refractivity contribution in [3.8, 4) is 0 Å². The van der Waals surface area contributed by atoms with Crippen molar-refractivity contribution in [2.24, 2.45) is 0 Å². The predicted octanol–water partition coefficient (Wildman–Crippen LogP) is 4.70. The maximum atomic E-state index is 13.2. The maximum absolute atomic E-state index is 13.2. The van der Waals surface area contributed by atoms with Crippen LogP contribution < -0.4 is 0 Å². The van der Waals surface area contributed by atoms with E-state index >= 15 is 0 Å². The second-order valence-corrected chi connectivity index (χ2v) is 5.23. The molecule has 0 saturated carbocycles. The van der Waals surface area contributed by atoms with Crippen LogP contribution in [0.1, 0.15) is 24.3 Å². The Morgan fingerprint density at radius 3 is 2.17 bits per heavy atom. The third-order valence-corrected chi connectivity index (χ3v) is 3.64. The minimum absolute atomic E-state index is 0.0465. The van der Waals surface area contributed by atoms with Gasteiger partial charge in [0.2, 0.25) is 5.76 Å². The van der Waals surface area contributed by atoms with Gasteiger partial charge in [-0.3, -0.25) is 4.79 Å². The fourth-order valence-corrected chi connectivity index (χ4v) is 2.55. The Bertz CT molecular complexity index is 815. The van der Waals surface area contributed by atoms with E-state index in [-0.39, 0.29) is 5.56 Å². The number of carbonyl (C=O) groups excluding carboxylic acids is 1. The minimum Gasteiger partial charge on any atom is -0.421 e. The Morgan fingerprint density at radius 2 is 1.58 bits per heavy atom. The Labute approximate surface area is 136 Å². The van der Waals surface area contributed by atoms with Gasteiger partial charge in [0.1, 0.15) is 5.82 Å². The van der Waals surface area contributed by atoms with Crippen molar-refractivity contribution in [1.29, 1.82) is 0 Å². The number of hydrogen-bond donors (Lipinski definition) is 0. The molecular weight excluding hydrogens is 324 g/mol. The van der Waals surface area contributed by atoms with Gasteiger partial charge in [-0.15, -0.1) is 0 Å². The minimum atomic E-state index is -4.85. The van der Waals surface area contributed by atoms with Crippen molar-refractivity contribution in [2.75, 3.05) is 0 Å². The summed E-state index contributed by atoms with van der Waals surface area (Å²) in [6.07, 6.45) is -4.13. The van der Waals surface area contributed by atoms with Gasteiger partial charge >= 0.3 is 12.1 Å². The molecule has 1 aliphatic heterocycles. The first-order valence-electron chi connectivity index (χ1n) is 7.55. The van der Waals surface area contributed by atoms with E-state index in [4.69, 9.17) is 1.37 Å². The Morgan fingerprint density at radius 1 is 0.958 bits per heavy atom. The number of ether oxygens (including phenoxy) is 1. The van der Waals surface area contributed by atoms with E-state index in [0.717, 1.165) is 18.2 Å². The molecule has 3 rings (SSSR count). The van der Waals surface area contributed by atoms with Gasteiger partial charge < -0.3 is 4.74 Å². The average molecular weight is 337 g/mol. The van der Waals surface area contributed by atoms with Gasteiger partial charge in [-0.2, -0.15) is 13.2 Å². The quantitative estimate of drug-likeness (QED) is 0.587. The van der Waals surface area contributed by atoms with E-state index < -0.39 is 35.5 Å². The SMILES string of the molecule is [2H][C@@]1(c2ccc(F)cc2)C(=O)OC(C(F)(F)F)=C[C@H]1c1ccccc1. The first kappa shape index (κ1) is 14.9. The molecule has 2 aromatic carbocycles. The smallest absolute Gasteiger partial charge is 0.421 e. The van der Waals surface area contributed by atoms with Crippen molar-refractivity contribution in [3.63, 3.8) is 0 Å². The second-order valence-electron chi connectivity index (χ2n) is 5.23. The van der Waals surface area contributed by atoms with Crippen molar-refractivity contribution >= 4 is 5.97 Å². The standard InChI is InChI=1S/C18H12F4O2/c19-13-8-6-12(7-9-13)16-14(11-4-2-1-3-5-11)10-15(18(20,21)22)24-17(16)23/h1-10,14,16H/t14-,16-/m0/s1/i16D. The third-order valence-electron chi connectivity index (χ3n) is 3.64. The molecule has 0 aromatic heterocycles.